The monoisotopic (exact) mass is 269 g/mol. The molecule has 20 heavy (non-hydrogen) atoms. The first-order valence-electron chi connectivity index (χ1n) is 6.09. The molecule has 0 unspecified atom stereocenters. The Kier molecular flexibility index (Phi) is 3.16. The van der Waals surface area contributed by atoms with E-state index in [1.807, 2.05) is 24.3 Å². The molecule has 5 heteroatoms. The number of H-pyrrole nitrogens is 1. The molecule has 0 spiro atoms. The van der Waals surface area contributed by atoms with Crippen LogP contribution in [0.3, 0.4) is 0 Å². The molecule has 3 aromatic rings. The number of hydrogen-bond donors (Lipinski definition) is 1. The quantitative estimate of drug-likeness (QED) is 0.793. The molecule has 3 rings (SSSR count). The molecule has 0 fully saturated rings. The molecule has 0 aliphatic rings. The molecule has 1 N–H and O–H groups in total. The van der Waals surface area contributed by atoms with Crippen molar-refractivity contribution in [2.75, 3.05) is 7.11 Å². The zero-order chi connectivity index (χ0) is 13.9. The van der Waals surface area contributed by atoms with Gasteiger partial charge in [0.25, 0.3) is 0 Å². The van der Waals surface area contributed by atoms with Crippen LogP contribution in [-0.2, 0) is 0 Å². The SMILES string of the molecule is COc1ccc(-c2n[nH]c(-c3ccc(F)cc3)n2)cc1. The number of rotatable bonds is 3. The van der Waals surface area contributed by atoms with Crippen molar-refractivity contribution >= 4 is 0 Å². The van der Waals surface area contributed by atoms with Gasteiger partial charge < -0.3 is 4.74 Å². The number of nitrogens with zero attached hydrogens (tertiary/aromatic N) is 2. The Balaban J connectivity index is 1.91. The van der Waals surface area contributed by atoms with E-state index in [1.54, 1.807) is 19.2 Å². The van der Waals surface area contributed by atoms with Crippen molar-refractivity contribution in [3.63, 3.8) is 0 Å². The van der Waals surface area contributed by atoms with Gasteiger partial charge in [-0.25, -0.2) is 9.37 Å². The zero-order valence-electron chi connectivity index (χ0n) is 10.8. The lowest BCUT2D eigenvalue weighted by Crippen LogP contribution is -1.84. The van der Waals surface area contributed by atoms with E-state index in [4.69, 9.17) is 4.74 Å². The summed E-state index contributed by atoms with van der Waals surface area (Å²) in [6.45, 7) is 0. The summed E-state index contributed by atoms with van der Waals surface area (Å²) in [5.74, 6) is 1.70. The van der Waals surface area contributed by atoms with Crippen LogP contribution in [0.2, 0.25) is 0 Å². The number of benzene rings is 2. The number of nitrogens with one attached hydrogen (secondary N) is 1. The van der Waals surface area contributed by atoms with Gasteiger partial charge in [0.1, 0.15) is 11.6 Å². The Hall–Kier alpha value is -2.69. The molecule has 0 aliphatic heterocycles. The van der Waals surface area contributed by atoms with Crippen LogP contribution in [0, 0.1) is 5.82 Å². The molecule has 100 valence electrons. The van der Waals surface area contributed by atoms with E-state index < -0.39 is 0 Å². The Morgan fingerprint density at radius 1 is 0.950 bits per heavy atom. The minimum absolute atomic E-state index is 0.274. The maximum absolute atomic E-state index is 12.9. The molecule has 0 aliphatic carbocycles. The first-order valence-corrected chi connectivity index (χ1v) is 6.09. The van der Waals surface area contributed by atoms with E-state index in [-0.39, 0.29) is 5.82 Å². The molecular weight excluding hydrogens is 257 g/mol. The Morgan fingerprint density at radius 2 is 1.60 bits per heavy atom. The molecule has 0 saturated carbocycles. The highest BCUT2D eigenvalue weighted by molar-refractivity contribution is 5.61. The normalized spacial score (nSPS) is 10.5. The second-order valence-electron chi connectivity index (χ2n) is 4.24. The van der Waals surface area contributed by atoms with Crippen LogP contribution in [0.1, 0.15) is 0 Å². The molecule has 1 heterocycles. The van der Waals surface area contributed by atoms with Crippen molar-refractivity contribution in [1.29, 1.82) is 0 Å². The predicted molar refractivity (Wildman–Crippen MR) is 73.8 cm³/mol. The topological polar surface area (TPSA) is 50.8 Å². The van der Waals surface area contributed by atoms with Crippen LogP contribution in [-0.4, -0.2) is 22.3 Å². The highest BCUT2D eigenvalue weighted by Crippen LogP contribution is 2.22. The highest BCUT2D eigenvalue weighted by atomic mass is 19.1. The summed E-state index contributed by atoms with van der Waals surface area (Å²) in [5, 5.41) is 7.02. The fraction of sp³-hybridized carbons (Fsp3) is 0.0667. The summed E-state index contributed by atoms with van der Waals surface area (Å²) in [6.07, 6.45) is 0. The Bertz CT molecular complexity index is 705. The molecule has 0 amide bonds. The number of halogens is 1. The van der Waals surface area contributed by atoms with Gasteiger partial charge >= 0.3 is 0 Å². The van der Waals surface area contributed by atoms with Crippen molar-refractivity contribution in [2.24, 2.45) is 0 Å². The maximum atomic E-state index is 12.9. The van der Waals surface area contributed by atoms with Gasteiger partial charge in [-0.3, -0.25) is 5.10 Å². The second kappa shape index (κ2) is 5.13. The average Bonchev–Trinajstić information content (AvgIpc) is 2.98. The molecule has 2 aromatic carbocycles. The van der Waals surface area contributed by atoms with Crippen molar-refractivity contribution in [3.8, 4) is 28.5 Å². The van der Waals surface area contributed by atoms with Crippen LogP contribution in [0.4, 0.5) is 4.39 Å². The van der Waals surface area contributed by atoms with Crippen LogP contribution in [0.5, 0.6) is 5.75 Å². The lowest BCUT2D eigenvalue weighted by molar-refractivity contribution is 0.415. The highest BCUT2D eigenvalue weighted by Gasteiger charge is 2.07. The first kappa shape index (κ1) is 12.3. The average molecular weight is 269 g/mol. The minimum Gasteiger partial charge on any atom is -0.497 e. The zero-order valence-corrected chi connectivity index (χ0v) is 10.8. The minimum atomic E-state index is -0.274. The van der Waals surface area contributed by atoms with Gasteiger partial charge in [0, 0.05) is 11.1 Å². The van der Waals surface area contributed by atoms with Crippen LogP contribution in [0.15, 0.2) is 48.5 Å². The number of ether oxygens (including phenoxy) is 1. The second-order valence-corrected chi connectivity index (χ2v) is 4.24. The predicted octanol–water partition coefficient (Wildman–Crippen LogP) is 3.29. The third kappa shape index (κ3) is 2.38. The van der Waals surface area contributed by atoms with Gasteiger partial charge in [0.15, 0.2) is 11.6 Å². The lowest BCUT2D eigenvalue weighted by atomic mass is 10.2. The molecule has 0 saturated heterocycles. The standard InChI is InChI=1S/C15H12FN3O/c1-20-13-8-4-11(5-9-13)15-17-14(18-19-15)10-2-6-12(16)7-3-10/h2-9H,1H3,(H,17,18,19). The van der Waals surface area contributed by atoms with Gasteiger partial charge in [-0.05, 0) is 48.5 Å². The summed E-state index contributed by atoms with van der Waals surface area (Å²) in [6, 6.07) is 13.6. The fourth-order valence-electron chi connectivity index (χ4n) is 1.87. The van der Waals surface area contributed by atoms with Gasteiger partial charge in [0.05, 0.1) is 7.11 Å². The summed E-state index contributed by atoms with van der Waals surface area (Å²) >= 11 is 0. The van der Waals surface area contributed by atoms with E-state index in [0.29, 0.717) is 11.6 Å². The van der Waals surface area contributed by atoms with Crippen LogP contribution in [0.25, 0.3) is 22.8 Å². The molecule has 0 atom stereocenters. The van der Waals surface area contributed by atoms with Crippen molar-refractivity contribution in [2.45, 2.75) is 0 Å². The Labute approximate surface area is 115 Å². The summed E-state index contributed by atoms with van der Waals surface area (Å²) in [4.78, 5) is 4.41. The third-order valence-electron chi connectivity index (χ3n) is 2.95. The summed E-state index contributed by atoms with van der Waals surface area (Å²) in [5.41, 5.74) is 1.68. The molecule has 0 radical (unpaired) electrons. The lowest BCUT2D eigenvalue weighted by Gasteiger charge is -1.99. The number of aromatic nitrogens is 3. The van der Waals surface area contributed by atoms with Crippen LogP contribution >= 0.6 is 0 Å². The molecular formula is C15H12FN3O. The Morgan fingerprint density at radius 3 is 2.25 bits per heavy atom. The van der Waals surface area contributed by atoms with Crippen LogP contribution < -0.4 is 4.74 Å². The van der Waals surface area contributed by atoms with Crippen molar-refractivity contribution in [1.82, 2.24) is 15.2 Å². The maximum Gasteiger partial charge on any atom is 0.181 e. The smallest absolute Gasteiger partial charge is 0.181 e. The van der Waals surface area contributed by atoms with Gasteiger partial charge in [-0.1, -0.05) is 0 Å². The van der Waals surface area contributed by atoms with E-state index in [9.17, 15) is 4.39 Å². The van der Waals surface area contributed by atoms with E-state index in [0.717, 1.165) is 16.9 Å². The van der Waals surface area contributed by atoms with E-state index >= 15 is 0 Å². The first-order chi connectivity index (χ1) is 9.76. The number of aromatic amines is 1. The number of methoxy groups -OCH3 is 1. The van der Waals surface area contributed by atoms with Gasteiger partial charge in [0.2, 0.25) is 0 Å². The van der Waals surface area contributed by atoms with Gasteiger partial charge in [-0.15, -0.1) is 0 Å². The molecule has 1 aromatic heterocycles. The largest absolute Gasteiger partial charge is 0.497 e. The number of hydrogen-bond acceptors (Lipinski definition) is 3. The third-order valence-corrected chi connectivity index (χ3v) is 2.95. The summed E-state index contributed by atoms with van der Waals surface area (Å²) in [7, 11) is 1.62. The van der Waals surface area contributed by atoms with E-state index in [2.05, 4.69) is 15.2 Å². The molecule has 4 nitrogen and oxygen atoms in total. The summed E-state index contributed by atoms with van der Waals surface area (Å²) < 4.78 is 18.0. The molecule has 0 bridgehead atoms. The van der Waals surface area contributed by atoms with E-state index in [1.165, 1.54) is 12.1 Å². The van der Waals surface area contributed by atoms with Crippen molar-refractivity contribution < 1.29 is 9.13 Å². The fourth-order valence-corrected chi connectivity index (χ4v) is 1.87. The van der Waals surface area contributed by atoms with Gasteiger partial charge in [-0.2, -0.15) is 5.10 Å². The van der Waals surface area contributed by atoms with Crippen molar-refractivity contribution in [3.05, 3.63) is 54.3 Å².